The highest BCUT2D eigenvalue weighted by molar-refractivity contribution is 7.12. The summed E-state index contributed by atoms with van der Waals surface area (Å²) in [6, 6.07) is 2.01. The molecule has 1 aromatic heterocycles. The fourth-order valence-corrected chi connectivity index (χ4v) is 3.14. The van der Waals surface area contributed by atoms with Crippen LogP contribution in [0.2, 0.25) is 0 Å². The first-order valence-corrected chi connectivity index (χ1v) is 7.05. The summed E-state index contributed by atoms with van der Waals surface area (Å²) in [5, 5.41) is 11.8. The van der Waals surface area contributed by atoms with Gasteiger partial charge in [-0.2, -0.15) is 0 Å². The number of aryl methyl sites for hydroxylation is 1. The van der Waals surface area contributed by atoms with Crippen molar-refractivity contribution in [1.82, 2.24) is 4.90 Å². The van der Waals surface area contributed by atoms with Crippen molar-refractivity contribution in [2.24, 2.45) is 5.92 Å². The van der Waals surface area contributed by atoms with Crippen LogP contribution in [-0.2, 0) is 6.42 Å². The summed E-state index contributed by atoms with van der Waals surface area (Å²) in [5.41, 5.74) is 1.12. The Morgan fingerprint density at radius 1 is 1.65 bits per heavy atom. The van der Waals surface area contributed by atoms with Crippen LogP contribution in [0.3, 0.4) is 0 Å². The minimum atomic E-state index is -0.377. The molecule has 1 amide bonds. The molecule has 0 aliphatic carbocycles. The second kappa shape index (κ2) is 5.19. The van der Waals surface area contributed by atoms with Crippen LogP contribution in [-0.4, -0.2) is 35.1 Å². The zero-order valence-corrected chi connectivity index (χ0v) is 11.2. The smallest absolute Gasteiger partial charge is 0.264 e. The molecule has 2 rings (SSSR count). The molecule has 94 valence electrons. The van der Waals surface area contributed by atoms with Crippen molar-refractivity contribution >= 4 is 17.2 Å². The van der Waals surface area contributed by atoms with Gasteiger partial charge in [0, 0.05) is 13.1 Å². The summed E-state index contributed by atoms with van der Waals surface area (Å²) in [4.78, 5) is 14.9. The normalized spacial score (nSPS) is 25.0. The monoisotopic (exact) mass is 253 g/mol. The molecule has 0 radical (unpaired) electrons. The second-order valence-corrected chi connectivity index (χ2v) is 5.63. The predicted molar refractivity (Wildman–Crippen MR) is 69.4 cm³/mol. The lowest BCUT2D eigenvalue weighted by Gasteiger charge is -2.34. The predicted octanol–water partition coefficient (Wildman–Crippen LogP) is 2.15. The lowest BCUT2D eigenvalue weighted by Crippen LogP contribution is -2.45. The van der Waals surface area contributed by atoms with Crippen molar-refractivity contribution < 1.29 is 9.90 Å². The number of aliphatic hydroxyl groups is 1. The van der Waals surface area contributed by atoms with E-state index in [9.17, 15) is 9.90 Å². The molecule has 0 aromatic carbocycles. The van der Waals surface area contributed by atoms with Crippen LogP contribution in [0.15, 0.2) is 11.4 Å². The lowest BCUT2D eigenvalue weighted by atomic mass is 9.96. The molecule has 1 N–H and O–H groups in total. The summed E-state index contributed by atoms with van der Waals surface area (Å²) in [6.07, 6.45) is 1.40. The summed E-state index contributed by atoms with van der Waals surface area (Å²) in [6.45, 7) is 5.33. The SMILES string of the molecule is CCc1ccsc1C(=O)N1CCC(C)C(O)C1. The highest BCUT2D eigenvalue weighted by Gasteiger charge is 2.29. The van der Waals surface area contributed by atoms with E-state index in [0.29, 0.717) is 12.5 Å². The van der Waals surface area contributed by atoms with Crippen molar-refractivity contribution in [3.8, 4) is 0 Å². The average Bonchev–Trinajstić information content (AvgIpc) is 2.80. The number of carbonyl (C=O) groups is 1. The fraction of sp³-hybridized carbons (Fsp3) is 0.615. The Bertz CT molecular complexity index is 402. The molecule has 1 aromatic rings. The van der Waals surface area contributed by atoms with Gasteiger partial charge in [-0.1, -0.05) is 13.8 Å². The topological polar surface area (TPSA) is 40.5 Å². The van der Waals surface area contributed by atoms with Gasteiger partial charge < -0.3 is 10.0 Å². The van der Waals surface area contributed by atoms with Gasteiger partial charge in [0.05, 0.1) is 11.0 Å². The van der Waals surface area contributed by atoms with E-state index < -0.39 is 0 Å². The average molecular weight is 253 g/mol. The Balaban J connectivity index is 2.10. The first-order valence-electron chi connectivity index (χ1n) is 6.17. The Morgan fingerprint density at radius 2 is 2.41 bits per heavy atom. The third-order valence-electron chi connectivity index (χ3n) is 3.53. The highest BCUT2D eigenvalue weighted by atomic mass is 32.1. The first kappa shape index (κ1) is 12.6. The van der Waals surface area contributed by atoms with Crippen LogP contribution in [0.25, 0.3) is 0 Å². The van der Waals surface area contributed by atoms with E-state index in [1.54, 1.807) is 4.90 Å². The van der Waals surface area contributed by atoms with Crippen molar-refractivity contribution in [1.29, 1.82) is 0 Å². The van der Waals surface area contributed by atoms with E-state index >= 15 is 0 Å². The number of β-amino-alcohol motifs (C(OH)–C–C–N with tert-alkyl or cyclic N) is 1. The maximum absolute atomic E-state index is 12.3. The van der Waals surface area contributed by atoms with Gasteiger partial charge in [0.1, 0.15) is 0 Å². The summed E-state index contributed by atoms with van der Waals surface area (Å²) in [7, 11) is 0. The fourth-order valence-electron chi connectivity index (χ4n) is 2.18. The number of rotatable bonds is 2. The molecule has 2 atom stereocenters. The molecule has 4 heteroatoms. The van der Waals surface area contributed by atoms with Crippen molar-refractivity contribution in [3.63, 3.8) is 0 Å². The molecular weight excluding hydrogens is 234 g/mol. The van der Waals surface area contributed by atoms with Crippen LogP contribution >= 0.6 is 11.3 Å². The molecular formula is C13H19NO2S. The minimum Gasteiger partial charge on any atom is -0.391 e. The van der Waals surface area contributed by atoms with Gasteiger partial charge in [0.2, 0.25) is 0 Å². The molecule has 1 fully saturated rings. The number of thiophene rings is 1. The van der Waals surface area contributed by atoms with Crippen LogP contribution < -0.4 is 0 Å². The van der Waals surface area contributed by atoms with E-state index in [0.717, 1.165) is 29.8 Å². The number of nitrogens with zero attached hydrogens (tertiary/aromatic N) is 1. The number of carbonyl (C=O) groups excluding carboxylic acids is 1. The second-order valence-electron chi connectivity index (χ2n) is 4.71. The highest BCUT2D eigenvalue weighted by Crippen LogP contribution is 2.23. The quantitative estimate of drug-likeness (QED) is 0.877. The Morgan fingerprint density at radius 3 is 3.06 bits per heavy atom. The third kappa shape index (κ3) is 2.53. The number of amides is 1. The van der Waals surface area contributed by atoms with Gasteiger partial charge in [-0.15, -0.1) is 11.3 Å². The van der Waals surface area contributed by atoms with E-state index in [2.05, 4.69) is 6.92 Å². The minimum absolute atomic E-state index is 0.0859. The van der Waals surface area contributed by atoms with Gasteiger partial charge in [-0.05, 0) is 35.8 Å². The molecule has 0 saturated carbocycles. The van der Waals surface area contributed by atoms with Crippen LogP contribution in [0.5, 0.6) is 0 Å². The summed E-state index contributed by atoms with van der Waals surface area (Å²) in [5.74, 6) is 0.385. The van der Waals surface area contributed by atoms with Gasteiger partial charge in [-0.3, -0.25) is 4.79 Å². The Kier molecular flexibility index (Phi) is 3.84. The lowest BCUT2D eigenvalue weighted by molar-refractivity contribution is 0.0251. The molecule has 1 aliphatic rings. The van der Waals surface area contributed by atoms with Crippen molar-refractivity contribution in [2.75, 3.05) is 13.1 Å². The summed E-state index contributed by atoms with van der Waals surface area (Å²) < 4.78 is 0. The number of likely N-dealkylation sites (tertiary alicyclic amines) is 1. The van der Waals surface area contributed by atoms with E-state index in [-0.39, 0.29) is 12.0 Å². The van der Waals surface area contributed by atoms with Gasteiger partial charge in [0.25, 0.3) is 5.91 Å². The van der Waals surface area contributed by atoms with Crippen molar-refractivity contribution in [3.05, 3.63) is 21.9 Å². The van der Waals surface area contributed by atoms with E-state index in [1.165, 1.54) is 11.3 Å². The van der Waals surface area contributed by atoms with Gasteiger partial charge in [0.15, 0.2) is 0 Å². The molecule has 17 heavy (non-hydrogen) atoms. The molecule has 3 nitrogen and oxygen atoms in total. The largest absolute Gasteiger partial charge is 0.391 e. The summed E-state index contributed by atoms with van der Waals surface area (Å²) >= 11 is 1.51. The first-order chi connectivity index (χ1) is 8.13. The van der Waals surface area contributed by atoms with Crippen LogP contribution in [0.4, 0.5) is 0 Å². The zero-order valence-electron chi connectivity index (χ0n) is 10.3. The molecule has 0 bridgehead atoms. The number of hydrogen-bond donors (Lipinski definition) is 1. The Labute approximate surface area is 106 Å². The standard InChI is InChI=1S/C13H19NO2S/c1-3-10-5-7-17-12(10)13(16)14-6-4-9(2)11(15)8-14/h5,7,9,11,15H,3-4,6,8H2,1-2H3. The number of hydrogen-bond acceptors (Lipinski definition) is 3. The molecule has 1 saturated heterocycles. The van der Waals surface area contributed by atoms with Crippen LogP contribution in [0.1, 0.15) is 35.5 Å². The molecule has 0 spiro atoms. The maximum Gasteiger partial charge on any atom is 0.264 e. The molecule has 2 unspecified atom stereocenters. The van der Waals surface area contributed by atoms with E-state index in [4.69, 9.17) is 0 Å². The van der Waals surface area contributed by atoms with Gasteiger partial charge in [-0.25, -0.2) is 0 Å². The molecule has 2 heterocycles. The zero-order chi connectivity index (χ0) is 12.4. The number of piperidine rings is 1. The maximum atomic E-state index is 12.3. The third-order valence-corrected chi connectivity index (χ3v) is 4.47. The van der Waals surface area contributed by atoms with Crippen LogP contribution in [0, 0.1) is 5.92 Å². The van der Waals surface area contributed by atoms with Gasteiger partial charge >= 0.3 is 0 Å². The molecule has 1 aliphatic heterocycles. The number of aliphatic hydroxyl groups excluding tert-OH is 1. The van der Waals surface area contributed by atoms with Crippen molar-refractivity contribution in [2.45, 2.75) is 32.8 Å². The van der Waals surface area contributed by atoms with E-state index in [1.807, 2.05) is 18.4 Å². The Hall–Kier alpha value is -0.870.